The van der Waals surface area contributed by atoms with Crippen molar-refractivity contribution in [3.8, 4) is 0 Å². The highest BCUT2D eigenvalue weighted by Gasteiger charge is 2.34. The summed E-state index contributed by atoms with van der Waals surface area (Å²) in [6.07, 6.45) is -3.36. The van der Waals surface area contributed by atoms with E-state index in [0.717, 1.165) is 25.4 Å². The van der Waals surface area contributed by atoms with Crippen molar-refractivity contribution in [1.29, 1.82) is 0 Å². The molecule has 0 aliphatic carbocycles. The fourth-order valence-corrected chi connectivity index (χ4v) is 3.82. The second-order valence-corrected chi connectivity index (χ2v) is 7.57. The monoisotopic (exact) mass is 430 g/mol. The third-order valence-corrected chi connectivity index (χ3v) is 5.29. The molecule has 0 aromatic carbocycles. The molecular formula is C18H25F3N6O3. The molecule has 3 rings (SSSR count). The Kier molecular flexibility index (Phi) is 6.64. The molecule has 2 aliphatic heterocycles. The lowest BCUT2D eigenvalue weighted by molar-refractivity contribution is -0.138. The minimum Gasteiger partial charge on any atom is -0.445 e. The van der Waals surface area contributed by atoms with Gasteiger partial charge in [-0.05, 0) is 19.9 Å². The fourth-order valence-electron chi connectivity index (χ4n) is 3.82. The Morgan fingerprint density at radius 1 is 1.20 bits per heavy atom. The standard InChI is InChI=1S/C18H25F3N6O3/c1-12(30-16(22)29)10-25-3-2-13(11-25)15(28)26-4-6-27(7-5-26)17-23-8-14(9-24-17)18(19,20)21/h8-9,12-13H,2-7,10-11H2,1H3,(H2,22,29)/t12-,13+/m0/s1. The van der Waals surface area contributed by atoms with Crippen LogP contribution >= 0.6 is 0 Å². The molecule has 2 atom stereocenters. The molecule has 2 N–H and O–H groups in total. The number of nitrogens with zero attached hydrogens (tertiary/aromatic N) is 5. The van der Waals surface area contributed by atoms with Crippen molar-refractivity contribution in [2.75, 3.05) is 50.7 Å². The van der Waals surface area contributed by atoms with E-state index in [4.69, 9.17) is 10.5 Å². The number of carbonyl (C=O) groups is 2. The summed E-state index contributed by atoms with van der Waals surface area (Å²) in [5, 5.41) is 0. The third-order valence-electron chi connectivity index (χ3n) is 5.29. The van der Waals surface area contributed by atoms with E-state index in [1.165, 1.54) is 0 Å². The molecule has 1 aromatic rings. The minimum absolute atomic E-state index is 0.0639. The first-order valence-electron chi connectivity index (χ1n) is 9.75. The smallest absolute Gasteiger partial charge is 0.419 e. The van der Waals surface area contributed by atoms with E-state index in [1.807, 2.05) is 0 Å². The first-order valence-corrected chi connectivity index (χ1v) is 9.75. The summed E-state index contributed by atoms with van der Waals surface area (Å²) in [5.74, 6) is 0.166. The molecule has 0 bridgehead atoms. The van der Waals surface area contributed by atoms with Crippen molar-refractivity contribution in [3.63, 3.8) is 0 Å². The van der Waals surface area contributed by atoms with Crippen LogP contribution in [0.2, 0.25) is 0 Å². The van der Waals surface area contributed by atoms with Crippen LogP contribution in [0.4, 0.5) is 23.9 Å². The number of primary amides is 1. The summed E-state index contributed by atoms with van der Waals surface area (Å²) >= 11 is 0. The molecule has 2 saturated heterocycles. The van der Waals surface area contributed by atoms with Crippen LogP contribution in [0.25, 0.3) is 0 Å². The number of hydrogen-bond donors (Lipinski definition) is 1. The number of piperazine rings is 1. The van der Waals surface area contributed by atoms with Crippen molar-refractivity contribution in [2.24, 2.45) is 11.7 Å². The second kappa shape index (κ2) is 9.02. The number of aromatic nitrogens is 2. The van der Waals surface area contributed by atoms with E-state index in [0.29, 0.717) is 39.3 Å². The number of hydrogen-bond acceptors (Lipinski definition) is 7. The van der Waals surface area contributed by atoms with E-state index >= 15 is 0 Å². The van der Waals surface area contributed by atoms with E-state index in [9.17, 15) is 22.8 Å². The quantitative estimate of drug-likeness (QED) is 0.742. The molecule has 9 nitrogen and oxygen atoms in total. The van der Waals surface area contributed by atoms with Crippen molar-refractivity contribution in [2.45, 2.75) is 25.6 Å². The summed E-state index contributed by atoms with van der Waals surface area (Å²) in [7, 11) is 0. The normalized spacial score (nSPS) is 21.5. The lowest BCUT2D eigenvalue weighted by Gasteiger charge is -2.36. The summed E-state index contributed by atoms with van der Waals surface area (Å²) in [4.78, 5) is 36.9. The largest absolute Gasteiger partial charge is 0.445 e. The molecule has 30 heavy (non-hydrogen) atoms. The maximum absolute atomic E-state index is 12.8. The fraction of sp³-hybridized carbons (Fsp3) is 0.667. The SMILES string of the molecule is C[C@@H](CN1CC[C@@H](C(=O)N2CCN(c3ncc(C(F)(F)F)cn3)CC2)C1)OC(N)=O. The van der Waals surface area contributed by atoms with Gasteiger partial charge in [0.25, 0.3) is 0 Å². The summed E-state index contributed by atoms with van der Waals surface area (Å²) in [5.41, 5.74) is 4.13. The van der Waals surface area contributed by atoms with Gasteiger partial charge >= 0.3 is 12.3 Å². The van der Waals surface area contributed by atoms with Crippen molar-refractivity contribution in [1.82, 2.24) is 19.8 Å². The Labute approximate surface area is 172 Å². The van der Waals surface area contributed by atoms with E-state index < -0.39 is 17.8 Å². The molecule has 1 aromatic heterocycles. The average Bonchev–Trinajstić information content (AvgIpc) is 3.14. The van der Waals surface area contributed by atoms with Crippen LogP contribution in [0.1, 0.15) is 18.9 Å². The summed E-state index contributed by atoms with van der Waals surface area (Å²) < 4.78 is 42.8. The zero-order valence-electron chi connectivity index (χ0n) is 16.6. The molecule has 0 saturated carbocycles. The van der Waals surface area contributed by atoms with Gasteiger partial charge in [-0.25, -0.2) is 14.8 Å². The minimum atomic E-state index is -4.47. The molecule has 2 aliphatic rings. The van der Waals surface area contributed by atoms with Gasteiger partial charge in [0.2, 0.25) is 11.9 Å². The van der Waals surface area contributed by atoms with Crippen LogP contribution in [-0.2, 0) is 15.7 Å². The number of anilines is 1. The highest BCUT2D eigenvalue weighted by molar-refractivity contribution is 5.79. The lowest BCUT2D eigenvalue weighted by Crippen LogP contribution is -2.51. The first kappa shape index (κ1) is 22.1. The molecule has 0 unspecified atom stereocenters. The number of rotatable bonds is 5. The van der Waals surface area contributed by atoms with Crippen LogP contribution < -0.4 is 10.6 Å². The molecule has 12 heteroatoms. The van der Waals surface area contributed by atoms with Crippen LogP contribution in [0, 0.1) is 5.92 Å². The predicted molar refractivity (Wildman–Crippen MR) is 101 cm³/mol. The Morgan fingerprint density at radius 3 is 2.40 bits per heavy atom. The zero-order valence-corrected chi connectivity index (χ0v) is 16.6. The Bertz CT molecular complexity index is 753. The average molecular weight is 430 g/mol. The van der Waals surface area contributed by atoms with Crippen LogP contribution in [0.5, 0.6) is 0 Å². The highest BCUT2D eigenvalue weighted by Crippen LogP contribution is 2.28. The Morgan fingerprint density at radius 2 is 1.83 bits per heavy atom. The number of alkyl halides is 3. The van der Waals surface area contributed by atoms with Gasteiger partial charge in [0.05, 0.1) is 11.5 Å². The molecule has 2 fully saturated rings. The van der Waals surface area contributed by atoms with E-state index in [-0.39, 0.29) is 23.9 Å². The van der Waals surface area contributed by atoms with Crippen molar-refractivity contribution in [3.05, 3.63) is 18.0 Å². The first-order chi connectivity index (χ1) is 14.1. The number of nitrogens with two attached hydrogens (primary N) is 1. The van der Waals surface area contributed by atoms with Gasteiger partial charge in [-0.2, -0.15) is 13.2 Å². The number of ether oxygens (including phenoxy) is 1. The van der Waals surface area contributed by atoms with Crippen molar-refractivity contribution < 1.29 is 27.5 Å². The van der Waals surface area contributed by atoms with Crippen LogP contribution in [0.15, 0.2) is 12.4 Å². The van der Waals surface area contributed by atoms with Gasteiger partial charge in [-0.3, -0.25) is 9.69 Å². The molecular weight excluding hydrogens is 405 g/mol. The third kappa shape index (κ3) is 5.49. The number of amides is 2. The van der Waals surface area contributed by atoms with Gasteiger partial charge in [-0.1, -0.05) is 0 Å². The summed E-state index contributed by atoms with van der Waals surface area (Å²) in [6.45, 7) is 5.43. The number of likely N-dealkylation sites (tertiary alicyclic amines) is 1. The Hall–Kier alpha value is -2.63. The van der Waals surface area contributed by atoms with Crippen LogP contribution in [-0.4, -0.2) is 83.7 Å². The predicted octanol–water partition coefficient (Wildman–Crippen LogP) is 0.950. The second-order valence-electron chi connectivity index (χ2n) is 7.57. The molecule has 166 valence electrons. The van der Waals surface area contributed by atoms with Gasteiger partial charge in [0.1, 0.15) is 6.10 Å². The van der Waals surface area contributed by atoms with Gasteiger partial charge in [0.15, 0.2) is 0 Å². The van der Waals surface area contributed by atoms with Gasteiger partial charge in [0, 0.05) is 51.7 Å². The molecule has 2 amide bonds. The van der Waals surface area contributed by atoms with E-state index in [2.05, 4.69) is 14.9 Å². The maximum atomic E-state index is 12.8. The number of carbonyl (C=O) groups excluding carboxylic acids is 2. The molecule has 3 heterocycles. The van der Waals surface area contributed by atoms with Crippen LogP contribution in [0.3, 0.4) is 0 Å². The summed E-state index contributed by atoms with van der Waals surface area (Å²) in [6, 6.07) is 0. The van der Waals surface area contributed by atoms with Crippen molar-refractivity contribution >= 4 is 17.9 Å². The Balaban J connectivity index is 1.47. The highest BCUT2D eigenvalue weighted by atomic mass is 19.4. The van der Waals surface area contributed by atoms with Gasteiger partial charge in [-0.15, -0.1) is 0 Å². The van der Waals surface area contributed by atoms with E-state index in [1.54, 1.807) is 16.7 Å². The number of halogens is 3. The molecule has 0 radical (unpaired) electrons. The molecule has 0 spiro atoms. The maximum Gasteiger partial charge on any atom is 0.419 e. The lowest BCUT2D eigenvalue weighted by atomic mass is 10.1. The zero-order chi connectivity index (χ0) is 21.9. The van der Waals surface area contributed by atoms with Gasteiger partial charge < -0.3 is 20.3 Å². The topological polar surface area (TPSA) is 105 Å².